The molecule has 2 aliphatic rings. The van der Waals surface area contributed by atoms with Gasteiger partial charge in [-0.1, -0.05) is 5.16 Å². The second-order valence-electron chi connectivity index (χ2n) is 4.34. The zero-order valence-corrected chi connectivity index (χ0v) is 9.74. The van der Waals surface area contributed by atoms with Crippen molar-refractivity contribution in [1.82, 2.24) is 15.5 Å². The van der Waals surface area contributed by atoms with Crippen molar-refractivity contribution in [3.63, 3.8) is 0 Å². The molecule has 0 aliphatic carbocycles. The number of hydrogen-bond acceptors (Lipinski definition) is 6. The summed E-state index contributed by atoms with van der Waals surface area (Å²) in [4.78, 5) is 4.44. The van der Waals surface area contributed by atoms with Crippen LogP contribution in [0, 0.1) is 0 Å². The molecule has 6 heteroatoms. The molecule has 3 unspecified atom stereocenters. The first-order chi connectivity index (χ1) is 7.83. The third-order valence-electron chi connectivity index (χ3n) is 3.08. The molecule has 88 valence electrons. The summed E-state index contributed by atoms with van der Waals surface area (Å²) in [6.07, 6.45) is 2.75. The molecule has 2 saturated heterocycles. The van der Waals surface area contributed by atoms with Crippen LogP contribution in [-0.2, 0) is 0 Å². The molecule has 0 bridgehead atoms. The van der Waals surface area contributed by atoms with Crippen LogP contribution < -0.4 is 5.32 Å². The van der Waals surface area contributed by atoms with E-state index in [1.165, 1.54) is 12.2 Å². The van der Waals surface area contributed by atoms with E-state index in [0.717, 1.165) is 12.2 Å². The maximum absolute atomic E-state index is 9.42. The SMILES string of the molecule is OC1CNC(c2nc(C3CCCS3)no2)C1. The van der Waals surface area contributed by atoms with Crippen molar-refractivity contribution in [2.24, 2.45) is 0 Å². The molecule has 3 heterocycles. The van der Waals surface area contributed by atoms with Crippen molar-refractivity contribution in [2.75, 3.05) is 12.3 Å². The summed E-state index contributed by atoms with van der Waals surface area (Å²) in [6.45, 7) is 0.612. The Morgan fingerprint density at radius 2 is 2.44 bits per heavy atom. The number of thioether (sulfide) groups is 1. The lowest BCUT2D eigenvalue weighted by Gasteiger charge is -2.02. The third-order valence-corrected chi connectivity index (χ3v) is 4.45. The van der Waals surface area contributed by atoms with Crippen LogP contribution in [-0.4, -0.2) is 33.6 Å². The fourth-order valence-corrected chi connectivity index (χ4v) is 3.40. The van der Waals surface area contributed by atoms with Crippen LogP contribution in [0.4, 0.5) is 0 Å². The maximum atomic E-state index is 9.42. The largest absolute Gasteiger partial charge is 0.392 e. The van der Waals surface area contributed by atoms with Crippen LogP contribution >= 0.6 is 11.8 Å². The fraction of sp³-hybridized carbons (Fsp3) is 0.800. The van der Waals surface area contributed by atoms with Gasteiger partial charge in [0.05, 0.1) is 17.4 Å². The van der Waals surface area contributed by atoms with E-state index in [4.69, 9.17) is 4.52 Å². The standard InChI is InChI=1S/C10H15N3O2S/c14-6-4-7(11-5-6)10-12-9(13-15-10)8-2-1-3-16-8/h6-8,11,14H,1-5H2. The molecule has 3 atom stereocenters. The molecule has 16 heavy (non-hydrogen) atoms. The van der Waals surface area contributed by atoms with Crippen molar-refractivity contribution in [2.45, 2.75) is 36.7 Å². The molecule has 1 aromatic rings. The van der Waals surface area contributed by atoms with Gasteiger partial charge in [-0.2, -0.15) is 16.7 Å². The topological polar surface area (TPSA) is 71.2 Å². The van der Waals surface area contributed by atoms with Gasteiger partial charge in [-0.3, -0.25) is 0 Å². The number of rotatable bonds is 2. The molecule has 0 amide bonds. The lowest BCUT2D eigenvalue weighted by atomic mass is 10.2. The van der Waals surface area contributed by atoms with E-state index in [-0.39, 0.29) is 12.1 Å². The van der Waals surface area contributed by atoms with Gasteiger partial charge in [0.2, 0.25) is 5.89 Å². The monoisotopic (exact) mass is 241 g/mol. The van der Waals surface area contributed by atoms with Gasteiger partial charge in [-0.05, 0) is 25.0 Å². The highest BCUT2D eigenvalue weighted by molar-refractivity contribution is 7.99. The summed E-state index contributed by atoms with van der Waals surface area (Å²) in [6, 6.07) is 0.0302. The molecule has 5 nitrogen and oxygen atoms in total. The van der Waals surface area contributed by atoms with Gasteiger partial charge in [-0.25, -0.2) is 0 Å². The van der Waals surface area contributed by atoms with Gasteiger partial charge < -0.3 is 14.9 Å². The van der Waals surface area contributed by atoms with Crippen LogP contribution in [0.15, 0.2) is 4.52 Å². The highest BCUT2D eigenvalue weighted by Crippen LogP contribution is 2.38. The van der Waals surface area contributed by atoms with Crippen molar-refractivity contribution < 1.29 is 9.63 Å². The predicted molar refractivity (Wildman–Crippen MR) is 60.1 cm³/mol. The quantitative estimate of drug-likeness (QED) is 0.806. The van der Waals surface area contributed by atoms with E-state index in [1.54, 1.807) is 0 Å². The van der Waals surface area contributed by atoms with Gasteiger partial charge >= 0.3 is 0 Å². The first kappa shape index (κ1) is 10.6. The molecule has 2 aliphatic heterocycles. The Morgan fingerprint density at radius 3 is 3.12 bits per heavy atom. The highest BCUT2D eigenvalue weighted by Gasteiger charge is 2.30. The number of β-amino-alcohol motifs (C(OH)–C–C–N with tert-alkyl or cyclic N) is 1. The average molecular weight is 241 g/mol. The number of hydrogen-bond donors (Lipinski definition) is 2. The van der Waals surface area contributed by atoms with E-state index in [9.17, 15) is 5.11 Å². The summed E-state index contributed by atoms with van der Waals surface area (Å²) >= 11 is 1.90. The Kier molecular flexibility index (Phi) is 2.87. The van der Waals surface area contributed by atoms with Crippen molar-refractivity contribution >= 4 is 11.8 Å². The predicted octanol–water partition coefficient (Wildman–Crippen LogP) is 1.03. The van der Waals surface area contributed by atoms with Gasteiger partial charge in [0.1, 0.15) is 0 Å². The third kappa shape index (κ3) is 1.97. The molecule has 0 saturated carbocycles. The van der Waals surface area contributed by atoms with Gasteiger partial charge in [-0.15, -0.1) is 0 Å². The second-order valence-corrected chi connectivity index (χ2v) is 5.65. The normalized spacial score (nSPS) is 34.7. The van der Waals surface area contributed by atoms with E-state index in [2.05, 4.69) is 15.5 Å². The molecule has 3 rings (SSSR count). The number of nitrogens with one attached hydrogen (secondary N) is 1. The number of aliphatic hydroxyl groups excluding tert-OH is 1. The first-order valence-electron chi connectivity index (χ1n) is 5.69. The fourth-order valence-electron chi connectivity index (χ4n) is 2.21. The van der Waals surface area contributed by atoms with Crippen LogP contribution in [0.2, 0.25) is 0 Å². The molecular formula is C10H15N3O2S. The minimum Gasteiger partial charge on any atom is -0.392 e. The zero-order chi connectivity index (χ0) is 11.0. The Morgan fingerprint density at radius 1 is 1.50 bits per heavy atom. The van der Waals surface area contributed by atoms with Crippen molar-refractivity contribution in [1.29, 1.82) is 0 Å². The van der Waals surface area contributed by atoms with Crippen LogP contribution in [0.1, 0.15) is 42.3 Å². The molecular weight excluding hydrogens is 226 g/mol. The van der Waals surface area contributed by atoms with Gasteiger partial charge in [0.25, 0.3) is 0 Å². The summed E-state index contributed by atoms with van der Waals surface area (Å²) in [5.74, 6) is 2.63. The number of aromatic nitrogens is 2. The lowest BCUT2D eigenvalue weighted by molar-refractivity contribution is 0.191. The summed E-state index contributed by atoms with van der Waals surface area (Å²) in [5, 5.41) is 17.0. The van der Waals surface area contributed by atoms with E-state index < -0.39 is 0 Å². The Hall–Kier alpha value is -0.590. The maximum Gasteiger partial charge on any atom is 0.243 e. The van der Waals surface area contributed by atoms with E-state index in [1.807, 2.05) is 11.8 Å². The molecule has 0 radical (unpaired) electrons. The first-order valence-corrected chi connectivity index (χ1v) is 6.74. The lowest BCUT2D eigenvalue weighted by Crippen LogP contribution is -2.15. The van der Waals surface area contributed by atoms with Crippen LogP contribution in [0.3, 0.4) is 0 Å². The van der Waals surface area contributed by atoms with Crippen LogP contribution in [0.5, 0.6) is 0 Å². The van der Waals surface area contributed by atoms with Crippen molar-refractivity contribution in [3.8, 4) is 0 Å². The summed E-state index contributed by atoms with van der Waals surface area (Å²) in [5.41, 5.74) is 0. The highest BCUT2D eigenvalue weighted by atomic mass is 32.2. The van der Waals surface area contributed by atoms with Gasteiger partial charge in [0, 0.05) is 6.54 Å². The molecule has 2 N–H and O–H groups in total. The van der Waals surface area contributed by atoms with E-state index in [0.29, 0.717) is 24.1 Å². The minimum absolute atomic E-state index is 0.0302. The molecule has 1 aromatic heterocycles. The van der Waals surface area contributed by atoms with Crippen LogP contribution in [0.25, 0.3) is 0 Å². The summed E-state index contributed by atoms with van der Waals surface area (Å²) in [7, 11) is 0. The Bertz CT molecular complexity index is 365. The average Bonchev–Trinajstić information content (AvgIpc) is 2.97. The van der Waals surface area contributed by atoms with Gasteiger partial charge in [0.15, 0.2) is 5.82 Å². The van der Waals surface area contributed by atoms with Crippen molar-refractivity contribution in [3.05, 3.63) is 11.7 Å². The smallest absolute Gasteiger partial charge is 0.243 e. The Balaban J connectivity index is 1.72. The molecule has 0 aromatic carbocycles. The molecule has 2 fully saturated rings. The van der Waals surface area contributed by atoms with E-state index >= 15 is 0 Å². The number of nitrogens with zero attached hydrogens (tertiary/aromatic N) is 2. The Labute approximate surface area is 98.0 Å². The minimum atomic E-state index is -0.291. The number of aliphatic hydroxyl groups is 1. The second kappa shape index (κ2) is 4.35. The zero-order valence-electron chi connectivity index (χ0n) is 8.93. The molecule has 0 spiro atoms. The summed E-state index contributed by atoms with van der Waals surface area (Å²) < 4.78 is 5.26.